The molecule has 1 radical (unpaired) electrons. The molecule has 2 nitrogen and oxygen atoms in total. The Morgan fingerprint density at radius 3 is 2.20 bits per heavy atom. The van der Waals surface area contributed by atoms with Gasteiger partial charge in [0.25, 0.3) is 0 Å². The molecule has 0 unspecified atom stereocenters. The molecule has 10 heavy (non-hydrogen) atoms. The third kappa shape index (κ3) is 4.51. The maximum absolute atomic E-state index is 11.7. The monoisotopic (exact) mass is 161 g/mol. The van der Waals surface area contributed by atoms with Crippen molar-refractivity contribution in [3.8, 4) is 0 Å². The molecule has 0 rings (SSSR count). The van der Waals surface area contributed by atoms with E-state index in [1.807, 2.05) is 0 Å². The van der Waals surface area contributed by atoms with Crippen molar-refractivity contribution in [3.05, 3.63) is 6.61 Å². The minimum absolute atomic E-state index is 0.403. The van der Waals surface area contributed by atoms with Crippen LogP contribution in [0.3, 0.4) is 0 Å². The molecule has 0 atom stereocenters. The minimum atomic E-state index is -4.21. The molecule has 6 heteroatoms. The summed E-state index contributed by atoms with van der Waals surface area (Å²) in [6.45, 7) is -1.99. The number of alkyl halides is 2. The van der Waals surface area contributed by atoms with Crippen molar-refractivity contribution in [2.24, 2.45) is 0 Å². The van der Waals surface area contributed by atoms with Gasteiger partial charge in [0, 0.05) is 0 Å². The van der Waals surface area contributed by atoms with Crippen molar-refractivity contribution in [2.45, 2.75) is 13.2 Å². The second-order valence-electron chi connectivity index (χ2n) is 1.22. The highest BCUT2D eigenvalue weighted by atomic mass is 19.3. The summed E-state index contributed by atoms with van der Waals surface area (Å²) in [5.74, 6) is 0. The minimum Gasteiger partial charge on any atom is -0.296 e. The predicted octanol–water partition coefficient (Wildman–Crippen LogP) is 1.98. The average molecular weight is 161 g/mol. The van der Waals surface area contributed by atoms with Crippen molar-refractivity contribution in [3.63, 3.8) is 0 Å². The largest absolute Gasteiger partial charge is 0.490 e. The van der Waals surface area contributed by atoms with E-state index >= 15 is 0 Å². The molecule has 0 spiro atoms. The standard InChI is InChI=1S/C4H5F4O2/c1-2-9-4(7,8)10-3(5)6/h2H2,1H3. The molecule has 0 N–H and O–H groups in total. The lowest BCUT2D eigenvalue weighted by Crippen LogP contribution is -2.24. The highest BCUT2D eigenvalue weighted by Crippen LogP contribution is 2.23. The van der Waals surface area contributed by atoms with Gasteiger partial charge in [0.1, 0.15) is 0 Å². The van der Waals surface area contributed by atoms with Crippen LogP contribution in [0, 0.1) is 6.61 Å². The van der Waals surface area contributed by atoms with Gasteiger partial charge in [-0.05, 0) is 6.92 Å². The van der Waals surface area contributed by atoms with E-state index in [-0.39, 0.29) is 0 Å². The molecule has 0 bridgehead atoms. The van der Waals surface area contributed by atoms with Gasteiger partial charge in [0.05, 0.1) is 6.61 Å². The molecule has 0 aromatic carbocycles. The average Bonchev–Trinajstić information content (AvgIpc) is 1.59. The van der Waals surface area contributed by atoms with Crippen LogP contribution in [-0.4, -0.2) is 12.9 Å². The zero-order valence-electron chi connectivity index (χ0n) is 5.04. The first-order chi connectivity index (χ1) is 4.48. The Morgan fingerprint density at radius 2 is 1.90 bits per heavy atom. The van der Waals surface area contributed by atoms with Gasteiger partial charge < -0.3 is 0 Å². The maximum atomic E-state index is 11.7. The van der Waals surface area contributed by atoms with Crippen LogP contribution in [0.5, 0.6) is 0 Å². The summed E-state index contributed by atoms with van der Waals surface area (Å²) < 4.78 is 51.6. The smallest absolute Gasteiger partial charge is 0.296 e. The summed E-state index contributed by atoms with van der Waals surface area (Å²) in [6.07, 6.45) is -4.21. The Labute approximate surface area is 54.7 Å². The van der Waals surface area contributed by atoms with Crippen molar-refractivity contribution in [1.29, 1.82) is 0 Å². The lowest BCUT2D eigenvalue weighted by atomic mass is 10.9. The lowest BCUT2D eigenvalue weighted by Gasteiger charge is -2.12. The first-order valence-corrected chi connectivity index (χ1v) is 2.36. The molecule has 0 saturated carbocycles. The molecule has 0 aromatic rings. The second kappa shape index (κ2) is 3.72. The zero-order valence-corrected chi connectivity index (χ0v) is 5.04. The van der Waals surface area contributed by atoms with Crippen LogP contribution in [0.4, 0.5) is 17.6 Å². The van der Waals surface area contributed by atoms with Gasteiger partial charge in [-0.2, -0.15) is 8.78 Å². The summed E-state index contributed by atoms with van der Waals surface area (Å²) >= 11 is 0. The Hall–Kier alpha value is -0.360. The van der Waals surface area contributed by atoms with Crippen molar-refractivity contribution in [1.82, 2.24) is 0 Å². The van der Waals surface area contributed by atoms with Crippen LogP contribution in [0.2, 0.25) is 0 Å². The van der Waals surface area contributed by atoms with Crippen LogP contribution in [0.15, 0.2) is 0 Å². The fraction of sp³-hybridized carbons (Fsp3) is 0.750. The first-order valence-electron chi connectivity index (χ1n) is 2.36. The van der Waals surface area contributed by atoms with Crippen molar-refractivity contribution in [2.75, 3.05) is 6.61 Å². The summed E-state index contributed by atoms with van der Waals surface area (Å²) in [5, 5.41) is 0. The van der Waals surface area contributed by atoms with E-state index in [4.69, 9.17) is 0 Å². The number of hydrogen-bond acceptors (Lipinski definition) is 2. The van der Waals surface area contributed by atoms with Crippen LogP contribution in [0.1, 0.15) is 6.92 Å². The van der Waals surface area contributed by atoms with Gasteiger partial charge >= 0.3 is 12.9 Å². The maximum Gasteiger partial charge on any atom is 0.490 e. The molecule has 0 heterocycles. The summed E-state index contributed by atoms with van der Waals surface area (Å²) in [6, 6.07) is 0. The molecule has 61 valence electrons. The highest BCUT2D eigenvalue weighted by Gasteiger charge is 2.36. The molecule has 0 saturated heterocycles. The van der Waals surface area contributed by atoms with Crippen LogP contribution in [0.25, 0.3) is 0 Å². The number of hydrogen-bond donors (Lipinski definition) is 0. The second-order valence-corrected chi connectivity index (χ2v) is 1.22. The SMILES string of the molecule is CCOC(F)(F)O[C](F)F. The third-order valence-electron chi connectivity index (χ3n) is 0.508. The van der Waals surface area contributed by atoms with Gasteiger partial charge in [-0.25, -0.2) is 4.74 Å². The molecule has 0 aliphatic rings. The Kier molecular flexibility index (Phi) is 3.59. The highest BCUT2D eigenvalue weighted by molar-refractivity contribution is 4.41. The summed E-state index contributed by atoms with van der Waals surface area (Å²) in [5.41, 5.74) is 0. The predicted molar refractivity (Wildman–Crippen MR) is 23.1 cm³/mol. The molecule has 0 aliphatic heterocycles. The fourth-order valence-electron chi connectivity index (χ4n) is 0.287. The van der Waals surface area contributed by atoms with E-state index in [1.54, 1.807) is 0 Å². The van der Waals surface area contributed by atoms with Crippen LogP contribution < -0.4 is 0 Å². The number of halogens is 4. The molecule has 0 aromatic heterocycles. The quantitative estimate of drug-likeness (QED) is 0.463. The normalized spacial score (nSPS) is 12.6. The van der Waals surface area contributed by atoms with E-state index in [0.29, 0.717) is 0 Å². The fourth-order valence-corrected chi connectivity index (χ4v) is 0.287. The van der Waals surface area contributed by atoms with Gasteiger partial charge in [0.15, 0.2) is 0 Å². The Bertz CT molecular complexity index is 95.3. The summed E-state index contributed by atoms with van der Waals surface area (Å²) in [4.78, 5) is 0. The molecule has 0 amide bonds. The van der Waals surface area contributed by atoms with E-state index in [2.05, 4.69) is 9.47 Å². The molecule has 0 fully saturated rings. The van der Waals surface area contributed by atoms with Crippen LogP contribution in [-0.2, 0) is 9.47 Å². The van der Waals surface area contributed by atoms with Crippen molar-refractivity contribution >= 4 is 0 Å². The van der Waals surface area contributed by atoms with Gasteiger partial charge in [0.2, 0.25) is 0 Å². The lowest BCUT2D eigenvalue weighted by molar-refractivity contribution is -0.406. The molecular formula is C4H5F4O2. The van der Waals surface area contributed by atoms with E-state index < -0.39 is 19.5 Å². The number of ether oxygens (including phenoxy) is 2. The van der Waals surface area contributed by atoms with Gasteiger partial charge in [-0.3, -0.25) is 4.74 Å². The Morgan fingerprint density at radius 1 is 1.40 bits per heavy atom. The van der Waals surface area contributed by atoms with E-state index in [0.717, 1.165) is 0 Å². The third-order valence-corrected chi connectivity index (χ3v) is 0.508. The first kappa shape index (κ1) is 9.64. The number of rotatable bonds is 4. The summed E-state index contributed by atoms with van der Waals surface area (Å²) in [7, 11) is 0. The Balaban J connectivity index is 3.63. The van der Waals surface area contributed by atoms with Crippen LogP contribution >= 0.6 is 0 Å². The van der Waals surface area contributed by atoms with Crippen molar-refractivity contribution < 1.29 is 27.0 Å². The molecular weight excluding hydrogens is 156 g/mol. The van der Waals surface area contributed by atoms with Gasteiger partial charge in [-0.15, -0.1) is 8.78 Å². The van der Waals surface area contributed by atoms with Gasteiger partial charge in [-0.1, -0.05) is 0 Å². The topological polar surface area (TPSA) is 18.5 Å². The van der Waals surface area contributed by atoms with E-state index in [1.165, 1.54) is 6.92 Å². The molecule has 0 aliphatic carbocycles. The van der Waals surface area contributed by atoms with E-state index in [9.17, 15) is 17.6 Å². The zero-order chi connectivity index (χ0) is 8.20.